The molecule has 0 aromatic carbocycles. The van der Waals surface area contributed by atoms with Gasteiger partial charge in [-0.1, -0.05) is 0 Å². The van der Waals surface area contributed by atoms with Gasteiger partial charge in [-0.15, -0.1) is 0 Å². The number of likely N-dealkylation sites (tertiary alicyclic amines) is 2. The van der Waals surface area contributed by atoms with Crippen LogP contribution in [0.3, 0.4) is 0 Å². The van der Waals surface area contributed by atoms with Crippen LogP contribution in [0.2, 0.25) is 0 Å². The van der Waals surface area contributed by atoms with E-state index in [-0.39, 0.29) is 5.60 Å². The van der Waals surface area contributed by atoms with Gasteiger partial charge in [0.1, 0.15) is 0 Å². The summed E-state index contributed by atoms with van der Waals surface area (Å²) in [6.45, 7) is 20.0. The highest BCUT2D eigenvalue weighted by Gasteiger charge is 2.47. The molecule has 2 saturated heterocycles. The number of hydrogen-bond donors (Lipinski definition) is 0. The van der Waals surface area contributed by atoms with Crippen LogP contribution >= 0.6 is 0 Å². The van der Waals surface area contributed by atoms with E-state index in [1.54, 1.807) is 0 Å². The van der Waals surface area contributed by atoms with Gasteiger partial charge in [0.25, 0.3) is 0 Å². The van der Waals surface area contributed by atoms with E-state index in [9.17, 15) is 0 Å². The lowest BCUT2D eigenvalue weighted by atomic mass is 9.57. The highest BCUT2D eigenvalue weighted by molar-refractivity contribution is 4.99. The Morgan fingerprint density at radius 1 is 0.800 bits per heavy atom. The highest BCUT2D eigenvalue weighted by atomic mass is 16.5. The zero-order valence-electron chi connectivity index (χ0n) is 20.7. The normalized spacial score (nSPS) is 32.2. The maximum absolute atomic E-state index is 6.38. The van der Waals surface area contributed by atoms with Gasteiger partial charge < -0.3 is 14.4 Å². The zero-order chi connectivity index (χ0) is 21.6. The lowest BCUT2D eigenvalue weighted by Crippen LogP contribution is -2.54. The molecule has 4 heteroatoms. The SMILES string of the molecule is CC(C)(C)O[C@H]1C[C@H](OC2CCN(CC3CC4(CCN(C(C)(C)C)CC4)C3)CC2)C1. The van der Waals surface area contributed by atoms with Crippen molar-refractivity contribution in [2.75, 3.05) is 32.7 Å². The Hall–Kier alpha value is -0.160. The molecule has 1 spiro atoms. The quantitative estimate of drug-likeness (QED) is 0.617. The summed E-state index contributed by atoms with van der Waals surface area (Å²) >= 11 is 0. The first-order chi connectivity index (χ1) is 14.0. The average Bonchev–Trinajstić information content (AvgIpc) is 2.58. The Bertz CT molecular complexity index is 549. The van der Waals surface area contributed by atoms with Gasteiger partial charge in [-0.25, -0.2) is 0 Å². The number of hydrogen-bond acceptors (Lipinski definition) is 4. The summed E-state index contributed by atoms with van der Waals surface area (Å²) in [7, 11) is 0. The van der Waals surface area contributed by atoms with E-state index < -0.39 is 0 Å². The molecule has 0 N–H and O–H groups in total. The maximum Gasteiger partial charge on any atom is 0.0631 e. The summed E-state index contributed by atoms with van der Waals surface area (Å²) in [4.78, 5) is 5.42. The number of piperidine rings is 2. The van der Waals surface area contributed by atoms with Gasteiger partial charge in [0.15, 0.2) is 0 Å². The van der Waals surface area contributed by atoms with Crippen LogP contribution in [0, 0.1) is 11.3 Å². The van der Waals surface area contributed by atoms with E-state index in [4.69, 9.17) is 9.47 Å². The smallest absolute Gasteiger partial charge is 0.0631 e. The van der Waals surface area contributed by atoms with Gasteiger partial charge in [-0.05, 0) is 117 Å². The van der Waals surface area contributed by atoms with Crippen molar-refractivity contribution in [1.29, 1.82) is 0 Å². The zero-order valence-corrected chi connectivity index (χ0v) is 20.7. The predicted molar refractivity (Wildman–Crippen MR) is 124 cm³/mol. The van der Waals surface area contributed by atoms with Crippen molar-refractivity contribution >= 4 is 0 Å². The van der Waals surface area contributed by atoms with Gasteiger partial charge in [0.2, 0.25) is 0 Å². The Morgan fingerprint density at radius 3 is 1.93 bits per heavy atom. The fourth-order valence-corrected chi connectivity index (χ4v) is 6.44. The molecule has 0 aromatic heterocycles. The molecule has 2 saturated carbocycles. The lowest BCUT2D eigenvalue weighted by Gasteiger charge is -2.55. The van der Waals surface area contributed by atoms with Gasteiger partial charge in [-0.2, -0.15) is 0 Å². The molecular weight excluding hydrogens is 372 g/mol. The molecule has 2 aliphatic carbocycles. The summed E-state index contributed by atoms with van der Waals surface area (Å²) in [6.07, 6.45) is 11.8. The Kier molecular flexibility index (Phi) is 6.63. The van der Waals surface area contributed by atoms with Crippen LogP contribution in [0.4, 0.5) is 0 Å². The van der Waals surface area contributed by atoms with Crippen LogP contribution in [-0.2, 0) is 9.47 Å². The van der Waals surface area contributed by atoms with Crippen molar-refractivity contribution in [3.63, 3.8) is 0 Å². The number of ether oxygens (including phenoxy) is 2. The number of rotatable bonds is 5. The molecule has 2 aliphatic heterocycles. The van der Waals surface area contributed by atoms with Crippen LogP contribution in [0.15, 0.2) is 0 Å². The summed E-state index contributed by atoms with van der Waals surface area (Å²) < 4.78 is 12.4. The maximum atomic E-state index is 6.38. The predicted octanol–water partition coefficient (Wildman–Crippen LogP) is 5.10. The second kappa shape index (κ2) is 8.65. The van der Waals surface area contributed by atoms with Crippen molar-refractivity contribution in [3.05, 3.63) is 0 Å². The fourth-order valence-electron chi connectivity index (χ4n) is 6.44. The van der Waals surface area contributed by atoms with Crippen molar-refractivity contribution < 1.29 is 9.47 Å². The molecule has 0 amide bonds. The van der Waals surface area contributed by atoms with Gasteiger partial charge >= 0.3 is 0 Å². The minimum absolute atomic E-state index is 0.0231. The second-order valence-corrected chi connectivity index (χ2v) is 13.0. The Morgan fingerprint density at radius 2 is 1.40 bits per heavy atom. The molecule has 4 aliphatic rings. The molecule has 0 unspecified atom stereocenters. The van der Waals surface area contributed by atoms with Crippen LogP contribution in [-0.4, -0.2) is 72.0 Å². The monoisotopic (exact) mass is 420 g/mol. The summed E-state index contributed by atoms with van der Waals surface area (Å²) in [5, 5.41) is 0. The minimum atomic E-state index is -0.0231. The van der Waals surface area contributed by atoms with E-state index >= 15 is 0 Å². The van der Waals surface area contributed by atoms with E-state index in [0.29, 0.717) is 29.3 Å². The molecule has 0 atom stereocenters. The van der Waals surface area contributed by atoms with E-state index in [0.717, 1.165) is 18.8 Å². The van der Waals surface area contributed by atoms with Gasteiger partial charge in [0.05, 0.1) is 23.9 Å². The van der Waals surface area contributed by atoms with Crippen molar-refractivity contribution in [2.45, 2.75) is 122 Å². The van der Waals surface area contributed by atoms with Crippen LogP contribution in [0.25, 0.3) is 0 Å². The molecule has 2 heterocycles. The molecular formula is C26H48N2O2. The molecule has 0 aromatic rings. The summed E-state index contributed by atoms with van der Waals surface area (Å²) in [5.41, 5.74) is 1.02. The first-order valence-electron chi connectivity index (χ1n) is 12.8. The number of nitrogens with zero attached hydrogens (tertiary/aromatic N) is 2. The second-order valence-electron chi connectivity index (χ2n) is 13.0. The molecule has 30 heavy (non-hydrogen) atoms. The Balaban J connectivity index is 1.08. The first-order valence-corrected chi connectivity index (χ1v) is 12.8. The van der Waals surface area contributed by atoms with E-state index in [1.807, 2.05) is 0 Å². The summed E-state index contributed by atoms with van der Waals surface area (Å²) in [5.74, 6) is 0.950. The molecule has 0 bridgehead atoms. The third-order valence-electron chi connectivity index (χ3n) is 8.22. The van der Waals surface area contributed by atoms with Gasteiger partial charge in [0, 0.05) is 25.2 Å². The van der Waals surface area contributed by atoms with Crippen molar-refractivity contribution in [3.8, 4) is 0 Å². The van der Waals surface area contributed by atoms with Crippen molar-refractivity contribution in [2.24, 2.45) is 11.3 Å². The van der Waals surface area contributed by atoms with E-state index in [2.05, 4.69) is 51.3 Å². The Labute approximate surface area is 186 Å². The topological polar surface area (TPSA) is 24.9 Å². The van der Waals surface area contributed by atoms with Crippen LogP contribution < -0.4 is 0 Å². The lowest BCUT2D eigenvalue weighted by molar-refractivity contribution is -0.168. The summed E-state index contributed by atoms with van der Waals surface area (Å²) in [6, 6.07) is 0. The largest absolute Gasteiger partial charge is 0.375 e. The molecule has 4 fully saturated rings. The van der Waals surface area contributed by atoms with Crippen LogP contribution in [0.1, 0.15) is 92.9 Å². The highest BCUT2D eigenvalue weighted by Crippen LogP contribution is 2.53. The molecule has 0 radical (unpaired) electrons. The first kappa shape index (κ1) is 23.0. The standard InChI is InChI=1S/C26H48N2O2/c1-24(2,3)28-13-9-26(10-14-28)17-20(18-26)19-27-11-7-21(8-12-27)29-22-15-23(16-22)30-25(4,5)6/h20-23H,7-19H2,1-6H3/t22-,23-. The third-order valence-corrected chi connectivity index (χ3v) is 8.22. The average molecular weight is 421 g/mol. The fraction of sp³-hybridized carbons (Fsp3) is 1.00. The van der Waals surface area contributed by atoms with Crippen molar-refractivity contribution in [1.82, 2.24) is 9.80 Å². The molecule has 4 nitrogen and oxygen atoms in total. The molecule has 4 rings (SSSR count). The third kappa shape index (κ3) is 5.79. The van der Waals surface area contributed by atoms with Crippen LogP contribution in [0.5, 0.6) is 0 Å². The van der Waals surface area contributed by atoms with Gasteiger partial charge in [-0.3, -0.25) is 4.90 Å². The minimum Gasteiger partial charge on any atom is -0.375 e. The molecule has 174 valence electrons. The van der Waals surface area contributed by atoms with E-state index in [1.165, 1.54) is 71.2 Å².